The maximum absolute atomic E-state index is 13.1. The number of hydrogen-bond acceptors (Lipinski definition) is 15. The third-order valence-electron chi connectivity index (χ3n) is 19.7. The fourth-order valence-electron chi connectivity index (χ4n) is 12.8. The highest BCUT2D eigenvalue weighted by atomic mass is 31.2. The number of phosphoric acid groups is 2. The monoisotopic (exact) mass is 1490 g/mol. The lowest BCUT2D eigenvalue weighted by atomic mass is 9.99. The van der Waals surface area contributed by atoms with Crippen molar-refractivity contribution in [2.45, 2.75) is 446 Å². The average molecular weight is 1490 g/mol. The summed E-state index contributed by atoms with van der Waals surface area (Å²) in [6, 6.07) is 0. The van der Waals surface area contributed by atoms with Crippen LogP contribution in [0.1, 0.15) is 428 Å². The van der Waals surface area contributed by atoms with Gasteiger partial charge >= 0.3 is 39.5 Å². The topological polar surface area (TPSA) is 237 Å². The van der Waals surface area contributed by atoms with Gasteiger partial charge in [-0.25, -0.2) is 9.13 Å². The summed E-state index contributed by atoms with van der Waals surface area (Å²) in [5.41, 5.74) is 0. The summed E-state index contributed by atoms with van der Waals surface area (Å²) in [6.07, 6.45) is 59.6. The fraction of sp³-hybridized carbons (Fsp3) is 0.952. The largest absolute Gasteiger partial charge is 0.472 e. The first kappa shape index (κ1) is 100. The first-order valence-electron chi connectivity index (χ1n) is 42.7. The molecule has 4 unspecified atom stereocenters. The number of phosphoric ester groups is 2. The third-order valence-corrected chi connectivity index (χ3v) is 21.6. The number of esters is 4. The smallest absolute Gasteiger partial charge is 0.462 e. The van der Waals surface area contributed by atoms with E-state index in [1.54, 1.807) is 0 Å². The van der Waals surface area contributed by atoms with E-state index >= 15 is 0 Å². The number of aliphatic hydroxyl groups is 1. The molecule has 0 rings (SSSR count). The van der Waals surface area contributed by atoms with Crippen LogP contribution in [0.5, 0.6) is 0 Å². The molecule has 3 N–H and O–H groups in total. The lowest BCUT2D eigenvalue weighted by Crippen LogP contribution is -2.30. The fourth-order valence-corrected chi connectivity index (χ4v) is 14.3. The van der Waals surface area contributed by atoms with Crippen LogP contribution in [-0.4, -0.2) is 96.7 Å². The van der Waals surface area contributed by atoms with Gasteiger partial charge in [-0.2, -0.15) is 0 Å². The van der Waals surface area contributed by atoms with Gasteiger partial charge in [0.2, 0.25) is 0 Å². The second-order valence-electron chi connectivity index (χ2n) is 31.5. The van der Waals surface area contributed by atoms with E-state index in [9.17, 15) is 43.2 Å². The standard InChI is InChI=1S/C83H162O17P2/c1-9-76(8)62-54-46-38-30-24-18-13-14-20-27-33-41-50-58-66-82(87)99-78(69-93-80(85)63-55-47-39-31-25-21-15-17-23-29-36-44-52-60-74(4)5)71-97-101(89,90)95-67-77(84)68-96-102(91,92)98-72-79(70-94-81(86)64-56-48-42-34-37-45-53-61-75(6)7)100-83(88)65-57-49-40-32-26-19-12-10-11-16-22-28-35-43-51-59-73(2)3/h73-79,84H,9-72H2,1-8H3,(H,89,90)(H,91,92)/t76?,77?,78-,79-/m1/s1. The molecular formula is C83H162O17P2. The van der Waals surface area contributed by atoms with Crippen molar-refractivity contribution >= 4 is 39.5 Å². The van der Waals surface area contributed by atoms with Crippen molar-refractivity contribution in [3.8, 4) is 0 Å². The van der Waals surface area contributed by atoms with E-state index in [4.69, 9.17) is 37.0 Å². The van der Waals surface area contributed by atoms with E-state index in [0.717, 1.165) is 114 Å². The number of rotatable bonds is 80. The molecule has 0 saturated heterocycles. The number of carbonyl (C=O) groups excluding carboxylic acids is 4. The molecule has 0 aliphatic heterocycles. The van der Waals surface area contributed by atoms with Crippen LogP contribution in [-0.2, 0) is 65.4 Å². The molecule has 102 heavy (non-hydrogen) atoms. The lowest BCUT2D eigenvalue weighted by molar-refractivity contribution is -0.161. The van der Waals surface area contributed by atoms with Gasteiger partial charge in [0.05, 0.1) is 26.4 Å². The molecule has 0 amide bonds. The van der Waals surface area contributed by atoms with Gasteiger partial charge in [0.25, 0.3) is 0 Å². The van der Waals surface area contributed by atoms with Crippen molar-refractivity contribution in [3.05, 3.63) is 0 Å². The number of unbranched alkanes of at least 4 members (excludes halogenated alkanes) is 45. The number of aliphatic hydroxyl groups excluding tert-OH is 1. The van der Waals surface area contributed by atoms with Crippen LogP contribution in [0.25, 0.3) is 0 Å². The molecule has 0 aromatic carbocycles. The van der Waals surface area contributed by atoms with Gasteiger partial charge in [0, 0.05) is 25.7 Å². The van der Waals surface area contributed by atoms with Crippen LogP contribution in [0.15, 0.2) is 0 Å². The molecule has 19 heteroatoms. The van der Waals surface area contributed by atoms with E-state index in [1.807, 2.05) is 0 Å². The van der Waals surface area contributed by atoms with Crippen LogP contribution in [0.2, 0.25) is 0 Å². The molecule has 0 aliphatic rings. The van der Waals surface area contributed by atoms with Crippen molar-refractivity contribution in [3.63, 3.8) is 0 Å². The predicted octanol–water partition coefficient (Wildman–Crippen LogP) is 24.8. The Morgan fingerprint density at radius 3 is 0.696 bits per heavy atom. The van der Waals surface area contributed by atoms with E-state index < -0.39 is 97.5 Å². The summed E-state index contributed by atoms with van der Waals surface area (Å²) in [5, 5.41) is 10.7. The SMILES string of the molecule is CCC(C)CCCCCCCCCCCCCCCCC(=O)O[C@H](COC(=O)CCCCCCCCCCCCCCCC(C)C)COP(=O)(O)OCC(O)COP(=O)(O)OC[C@@H](COC(=O)CCCCCCCCCC(C)C)OC(=O)CCCCCCCCCCCCCCCCCC(C)C. The van der Waals surface area contributed by atoms with E-state index in [1.165, 1.54) is 225 Å². The Bertz CT molecular complexity index is 1990. The van der Waals surface area contributed by atoms with E-state index in [-0.39, 0.29) is 25.7 Å². The minimum Gasteiger partial charge on any atom is -0.462 e. The van der Waals surface area contributed by atoms with Crippen molar-refractivity contribution in [1.82, 2.24) is 0 Å². The Morgan fingerprint density at radius 1 is 0.275 bits per heavy atom. The summed E-state index contributed by atoms with van der Waals surface area (Å²) in [6.45, 7) is 14.3. The number of hydrogen-bond donors (Lipinski definition) is 3. The number of carbonyl (C=O) groups is 4. The normalized spacial score (nSPS) is 14.3. The molecular weight excluding hydrogens is 1330 g/mol. The molecule has 0 heterocycles. The van der Waals surface area contributed by atoms with Crippen LogP contribution < -0.4 is 0 Å². The lowest BCUT2D eigenvalue weighted by Gasteiger charge is -2.21. The molecule has 0 spiro atoms. The summed E-state index contributed by atoms with van der Waals surface area (Å²) in [7, 11) is -9.93. The minimum atomic E-state index is -4.96. The molecule has 606 valence electrons. The zero-order chi connectivity index (χ0) is 75.3. The Kier molecular flexibility index (Phi) is 70.6. The summed E-state index contributed by atoms with van der Waals surface area (Å²) < 4.78 is 68.8. The maximum atomic E-state index is 13.1. The second-order valence-corrected chi connectivity index (χ2v) is 34.4. The Hall–Kier alpha value is -1.94. The van der Waals surface area contributed by atoms with Crippen molar-refractivity contribution in [2.24, 2.45) is 23.7 Å². The zero-order valence-electron chi connectivity index (χ0n) is 67.2. The highest BCUT2D eigenvalue weighted by Gasteiger charge is 2.30. The van der Waals surface area contributed by atoms with Gasteiger partial charge in [0.15, 0.2) is 12.2 Å². The Morgan fingerprint density at radius 2 is 0.471 bits per heavy atom. The first-order chi connectivity index (χ1) is 49.1. The average Bonchev–Trinajstić information content (AvgIpc) is 0.939. The summed E-state index contributed by atoms with van der Waals surface area (Å²) in [5.74, 6) is 1.03. The third kappa shape index (κ3) is 74.9. The van der Waals surface area contributed by atoms with Gasteiger partial charge in [0.1, 0.15) is 19.3 Å². The molecule has 17 nitrogen and oxygen atoms in total. The van der Waals surface area contributed by atoms with Gasteiger partial charge in [-0.05, 0) is 49.4 Å². The molecule has 0 aromatic heterocycles. The highest BCUT2D eigenvalue weighted by molar-refractivity contribution is 7.47. The Balaban J connectivity index is 5.24. The Labute approximate surface area is 626 Å². The molecule has 0 saturated carbocycles. The van der Waals surface area contributed by atoms with Crippen LogP contribution in [0.4, 0.5) is 0 Å². The molecule has 0 fully saturated rings. The molecule has 0 aliphatic carbocycles. The van der Waals surface area contributed by atoms with Gasteiger partial charge in [-0.1, -0.05) is 376 Å². The van der Waals surface area contributed by atoms with Crippen LogP contribution in [0.3, 0.4) is 0 Å². The zero-order valence-corrected chi connectivity index (χ0v) is 69.0. The van der Waals surface area contributed by atoms with Crippen LogP contribution >= 0.6 is 15.6 Å². The van der Waals surface area contributed by atoms with Gasteiger partial charge in [-0.3, -0.25) is 37.3 Å². The van der Waals surface area contributed by atoms with Crippen molar-refractivity contribution in [2.75, 3.05) is 39.6 Å². The molecule has 6 atom stereocenters. The quantitative estimate of drug-likeness (QED) is 0.0222. The van der Waals surface area contributed by atoms with Crippen LogP contribution in [0, 0.1) is 23.7 Å². The summed E-state index contributed by atoms with van der Waals surface area (Å²) >= 11 is 0. The van der Waals surface area contributed by atoms with Crippen molar-refractivity contribution < 1.29 is 80.2 Å². The predicted molar refractivity (Wildman–Crippen MR) is 418 cm³/mol. The highest BCUT2D eigenvalue weighted by Crippen LogP contribution is 2.45. The number of ether oxygens (including phenoxy) is 4. The second kappa shape index (κ2) is 72.0. The van der Waals surface area contributed by atoms with Gasteiger partial charge < -0.3 is 33.8 Å². The van der Waals surface area contributed by atoms with E-state index in [0.29, 0.717) is 31.6 Å². The molecule has 0 bridgehead atoms. The first-order valence-corrected chi connectivity index (χ1v) is 45.7. The maximum Gasteiger partial charge on any atom is 0.472 e. The van der Waals surface area contributed by atoms with E-state index in [2.05, 4.69) is 55.4 Å². The summed E-state index contributed by atoms with van der Waals surface area (Å²) in [4.78, 5) is 73.1. The van der Waals surface area contributed by atoms with Gasteiger partial charge in [-0.15, -0.1) is 0 Å². The minimum absolute atomic E-state index is 0.107. The molecule has 0 radical (unpaired) electrons. The molecule has 0 aromatic rings. The van der Waals surface area contributed by atoms with Crippen molar-refractivity contribution in [1.29, 1.82) is 0 Å².